The molecule has 0 radical (unpaired) electrons. The van der Waals surface area contributed by atoms with Crippen LogP contribution in [0.5, 0.6) is 11.5 Å². The highest BCUT2D eigenvalue weighted by Crippen LogP contribution is 2.37. The van der Waals surface area contributed by atoms with E-state index in [0.717, 1.165) is 16.3 Å². The number of pyridine rings is 2. The molecule has 0 aliphatic carbocycles. The molecule has 0 aliphatic rings. The van der Waals surface area contributed by atoms with Crippen LogP contribution in [0.2, 0.25) is 0 Å². The average molecular weight is 781 g/mol. The van der Waals surface area contributed by atoms with E-state index in [1.807, 2.05) is 55.7 Å². The van der Waals surface area contributed by atoms with Gasteiger partial charge in [0.25, 0.3) is 6.33 Å². The molecular weight excluding hydrogens is 723 g/mol. The zero-order valence-electron chi connectivity index (χ0n) is 47.1. The summed E-state index contributed by atoms with van der Waals surface area (Å²) in [6.45, 7) is 2.73. The Morgan fingerprint density at radius 1 is 0.729 bits per heavy atom. The number of aromatic nitrogens is 5. The van der Waals surface area contributed by atoms with Gasteiger partial charge in [-0.1, -0.05) is 142 Å². The van der Waals surface area contributed by atoms with Gasteiger partial charge < -0.3 is 4.74 Å². The summed E-state index contributed by atoms with van der Waals surface area (Å²) in [5.41, 5.74) is 1.59. The normalized spacial score (nSPS) is 15.9. The van der Waals surface area contributed by atoms with Gasteiger partial charge in [0.2, 0.25) is 0 Å². The monoisotopic (exact) mass is 780 g/mol. The fraction of sp³-hybridized carbons (Fsp3) is 0.113. The van der Waals surface area contributed by atoms with Crippen molar-refractivity contribution < 1.29 is 29.9 Å². The van der Waals surface area contributed by atoms with Crippen molar-refractivity contribution in [2.75, 3.05) is 0 Å². The van der Waals surface area contributed by atoms with E-state index in [-0.39, 0.29) is 50.8 Å². The lowest BCUT2D eigenvalue weighted by molar-refractivity contribution is -0.571. The number of benzene rings is 6. The van der Waals surface area contributed by atoms with Gasteiger partial charge in [0.15, 0.2) is 0 Å². The molecule has 0 fully saturated rings. The topological polar surface area (TPSA) is 48.8 Å². The molecule has 10 aromatic rings. The molecule has 4 aromatic heterocycles. The molecule has 0 atom stereocenters. The second kappa shape index (κ2) is 14.6. The summed E-state index contributed by atoms with van der Waals surface area (Å²) < 4.78 is 142. The standard InChI is InChI=1S/C53H43N5O/c1-36-50(59-41-26-27-45-44-20-11-12-23-46(44)58(49(45)32-41)51-30-37(28-29-54-51)33-53(2,3)4)31-40(34-55-36)56-35-57(48-25-14-13-24-47(48)56)52-42(38-16-7-5-8-17-38)21-15-22-43(52)39-18-9-6-10-19-39/h5-32,34H,33H2,1-4H3/i1D3,5D,6D,7D,8D,9D,10D,16D,17D,18D,19D,33D2. The Hall–Kier alpha value is -7.31. The molecule has 0 saturated heterocycles. The molecule has 0 amide bonds. The van der Waals surface area contributed by atoms with Gasteiger partial charge in [0, 0.05) is 36.1 Å². The molecule has 0 spiro atoms. The Kier molecular flexibility index (Phi) is 5.72. The Morgan fingerprint density at radius 3 is 2.15 bits per heavy atom. The lowest BCUT2D eigenvalue weighted by Gasteiger charge is -2.18. The predicted octanol–water partition coefficient (Wildman–Crippen LogP) is 12.6. The molecule has 6 aromatic carbocycles. The summed E-state index contributed by atoms with van der Waals surface area (Å²) in [5, 5.41) is 1.71. The molecule has 59 heavy (non-hydrogen) atoms. The van der Waals surface area contributed by atoms with Gasteiger partial charge in [-0.3, -0.25) is 18.7 Å². The van der Waals surface area contributed by atoms with Crippen LogP contribution in [0.3, 0.4) is 0 Å². The molecule has 10 rings (SSSR count). The van der Waals surface area contributed by atoms with Gasteiger partial charge in [0.1, 0.15) is 17.3 Å². The minimum atomic E-state index is -2.77. The quantitative estimate of drug-likeness (QED) is 0.114. The third-order valence-corrected chi connectivity index (χ3v) is 9.83. The summed E-state index contributed by atoms with van der Waals surface area (Å²) in [5.74, 6) is 0.552. The number of ether oxygens (including phenoxy) is 1. The van der Waals surface area contributed by atoms with Crippen LogP contribution in [-0.4, -0.2) is 19.1 Å². The second-order valence-electron chi connectivity index (χ2n) is 14.9. The summed E-state index contributed by atoms with van der Waals surface area (Å²) in [7, 11) is 0. The molecular formula is C53H43N5O. The first-order valence-corrected chi connectivity index (χ1v) is 18.8. The van der Waals surface area contributed by atoms with Gasteiger partial charge in [-0.2, -0.15) is 0 Å². The van der Waals surface area contributed by atoms with E-state index in [2.05, 4.69) is 11.3 Å². The van der Waals surface area contributed by atoms with Gasteiger partial charge in [-0.05, 0) is 82.9 Å². The van der Waals surface area contributed by atoms with Crippen molar-refractivity contribution in [3.63, 3.8) is 0 Å². The molecule has 0 saturated carbocycles. The fourth-order valence-corrected chi connectivity index (χ4v) is 7.45. The van der Waals surface area contributed by atoms with E-state index < -0.39 is 79.1 Å². The summed E-state index contributed by atoms with van der Waals surface area (Å²) in [4.78, 5) is 9.14. The van der Waals surface area contributed by atoms with Crippen LogP contribution in [0.4, 0.5) is 0 Å². The van der Waals surface area contributed by atoms with Gasteiger partial charge in [-0.25, -0.2) is 4.98 Å². The third-order valence-electron chi connectivity index (χ3n) is 9.83. The van der Waals surface area contributed by atoms with E-state index >= 15 is 0 Å². The number of fused-ring (bicyclic) bond motifs is 4. The van der Waals surface area contributed by atoms with Crippen LogP contribution in [0, 0.1) is 18.6 Å². The maximum atomic E-state index is 9.02. The minimum Gasteiger partial charge on any atom is -0.456 e. The van der Waals surface area contributed by atoms with E-state index in [0.29, 0.717) is 27.9 Å². The highest BCUT2D eigenvalue weighted by molar-refractivity contribution is 6.09. The summed E-state index contributed by atoms with van der Waals surface area (Å²) in [6.07, 6.45) is 4.48. The van der Waals surface area contributed by atoms with Crippen LogP contribution in [0.25, 0.3) is 72.3 Å². The van der Waals surface area contributed by atoms with Crippen molar-refractivity contribution in [1.29, 1.82) is 0 Å². The molecule has 6 heteroatoms. The number of rotatable bonds is 8. The minimum absolute atomic E-state index is 0.0537. The highest BCUT2D eigenvalue weighted by atomic mass is 16.5. The van der Waals surface area contributed by atoms with Gasteiger partial charge in [-0.15, -0.1) is 0 Å². The van der Waals surface area contributed by atoms with Crippen LogP contribution in [0.15, 0.2) is 176 Å². The van der Waals surface area contributed by atoms with E-state index in [1.54, 1.807) is 59.3 Å². The Labute approximate surface area is 365 Å². The van der Waals surface area contributed by atoms with Crippen molar-refractivity contribution in [3.8, 4) is 50.9 Å². The van der Waals surface area contributed by atoms with E-state index in [4.69, 9.17) is 30.3 Å². The van der Waals surface area contributed by atoms with Crippen LogP contribution >= 0.6 is 0 Å². The van der Waals surface area contributed by atoms with Crippen molar-refractivity contribution in [2.45, 2.75) is 34.0 Å². The van der Waals surface area contributed by atoms with E-state index in [1.165, 1.54) is 35.0 Å². The van der Waals surface area contributed by atoms with Crippen molar-refractivity contribution >= 4 is 32.8 Å². The maximum absolute atomic E-state index is 9.02. The number of aryl methyl sites for hydroxylation is 1. The lowest BCUT2D eigenvalue weighted by atomic mass is 9.88. The SMILES string of the molecule is [2H]c1c([2H])c([2H])c(-c2cccc(-c3c([2H])c([2H])c([2H])c([2H])c3[2H])c2-[n+]2[c-]n(-c3cnc(C([2H])([2H])[2H])c(Oc4ccc5c6ccccc6n(-c6cc(C([2H])([2H])C(C)(C)C)ccn6)c5c4)c3)c3ccccc32)c([2H])c1[2H]. The fourth-order valence-electron chi connectivity index (χ4n) is 7.45. The predicted molar refractivity (Wildman–Crippen MR) is 239 cm³/mol. The largest absolute Gasteiger partial charge is 0.456 e. The van der Waals surface area contributed by atoms with Crippen molar-refractivity contribution in [2.24, 2.45) is 5.41 Å². The zero-order chi connectivity index (χ0) is 53.1. The Balaban J connectivity index is 1.18. The first-order valence-electron chi connectivity index (χ1n) is 26.3. The highest BCUT2D eigenvalue weighted by Gasteiger charge is 2.21. The molecule has 6 nitrogen and oxygen atoms in total. The third kappa shape index (κ3) is 6.72. The number of nitrogens with zero attached hydrogens (tertiary/aromatic N) is 5. The summed E-state index contributed by atoms with van der Waals surface area (Å²) >= 11 is 0. The average Bonchev–Trinajstić information content (AvgIpc) is 3.92. The smallest absolute Gasteiger partial charge is 0.269 e. The second-order valence-corrected chi connectivity index (χ2v) is 14.9. The maximum Gasteiger partial charge on any atom is 0.269 e. The first-order chi connectivity index (χ1) is 34.9. The van der Waals surface area contributed by atoms with Crippen LogP contribution in [0.1, 0.15) is 52.6 Å². The molecule has 4 heterocycles. The molecule has 0 unspecified atom stereocenters. The molecule has 0 aliphatic heterocycles. The number of para-hydroxylation sites is 4. The van der Waals surface area contributed by atoms with Gasteiger partial charge in [0.05, 0.1) is 52.8 Å². The molecule has 0 N–H and O–H groups in total. The Bertz CT molecular complexity index is 3820. The number of imidazole rings is 1. The van der Waals surface area contributed by atoms with Gasteiger partial charge >= 0.3 is 0 Å². The number of hydrogen-bond acceptors (Lipinski definition) is 3. The zero-order valence-corrected chi connectivity index (χ0v) is 32.1. The van der Waals surface area contributed by atoms with Crippen LogP contribution in [-0.2, 0) is 6.37 Å². The number of hydrogen-bond donors (Lipinski definition) is 0. The first kappa shape index (κ1) is 23.2. The molecule has 0 bridgehead atoms. The molecule has 286 valence electrons. The lowest BCUT2D eigenvalue weighted by Crippen LogP contribution is -2.31. The van der Waals surface area contributed by atoms with Crippen molar-refractivity contribution in [3.05, 3.63) is 194 Å². The van der Waals surface area contributed by atoms with Crippen molar-refractivity contribution in [1.82, 2.24) is 19.1 Å². The van der Waals surface area contributed by atoms with Crippen LogP contribution < -0.4 is 9.30 Å². The summed E-state index contributed by atoms with van der Waals surface area (Å²) in [6, 6.07) is 23.5. The van der Waals surface area contributed by atoms with E-state index in [9.17, 15) is 0 Å². The Morgan fingerprint density at radius 2 is 1.42 bits per heavy atom.